The Hall–Kier alpha value is -1.62. The van der Waals surface area contributed by atoms with Crippen molar-refractivity contribution < 1.29 is 9.53 Å². The molecule has 0 bridgehead atoms. The zero-order valence-electron chi connectivity index (χ0n) is 10.5. The highest BCUT2D eigenvalue weighted by molar-refractivity contribution is 9.10. The maximum atomic E-state index is 12.7. The van der Waals surface area contributed by atoms with Crippen LogP contribution in [-0.4, -0.2) is 22.4 Å². The predicted octanol–water partition coefficient (Wildman–Crippen LogP) is 3.02. The van der Waals surface area contributed by atoms with Crippen LogP contribution >= 0.6 is 15.9 Å². The first-order valence-corrected chi connectivity index (χ1v) is 6.88. The summed E-state index contributed by atoms with van der Waals surface area (Å²) in [6.07, 6.45) is 6.92. The van der Waals surface area contributed by atoms with Gasteiger partial charge in [0.25, 0.3) is 0 Å². The molecule has 1 heterocycles. The van der Waals surface area contributed by atoms with Crippen LogP contribution in [0.2, 0.25) is 0 Å². The number of aromatic nitrogens is 2. The van der Waals surface area contributed by atoms with Crippen molar-refractivity contribution in [3.05, 3.63) is 46.5 Å². The van der Waals surface area contributed by atoms with Gasteiger partial charge in [0.05, 0.1) is 24.0 Å². The van der Waals surface area contributed by atoms with Crippen LogP contribution in [-0.2, 0) is 6.42 Å². The molecule has 98 valence electrons. The minimum Gasteiger partial charge on any atom is -0.496 e. The largest absolute Gasteiger partial charge is 0.496 e. The third kappa shape index (κ3) is 1.98. The average molecular weight is 321 g/mol. The molecule has 0 radical (unpaired) electrons. The Morgan fingerprint density at radius 3 is 3.00 bits per heavy atom. The minimum atomic E-state index is -0.168. The molecule has 1 aliphatic carbocycles. The zero-order chi connectivity index (χ0) is 13.4. The van der Waals surface area contributed by atoms with Crippen LogP contribution in [0.4, 0.5) is 0 Å². The van der Waals surface area contributed by atoms with Gasteiger partial charge in [0, 0.05) is 18.0 Å². The van der Waals surface area contributed by atoms with Gasteiger partial charge in [0.15, 0.2) is 5.78 Å². The molecule has 19 heavy (non-hydrogen) atoms. The van der Waals surface area contributed by atoms with Crippen LogP contribution in [0.25, 0.3) is 0 Å². The smallest absolute Gasteiger partial charge is 0.187 e. The molecule has 0 saturated carbocycles. The number of ketones is 1. The Kier molecular flexibility index (Phi) is 3.14. The quantitative estimate of drug-likeness (QED) is 0.854. The number of methoxy groups -OCH3 is 1. The van der Waals surface area contributed by atoms with Gasteiger partial charge in [-0.25, -0.2) is 4.98 Å². The molecule has 4 nitrogen and oxygen atoms in total. The number of hydrogen-bond acceptors (Lipinski definition) is 3. The second-order valence-electron chi connectivity index (χ2n) is 4.54. The van der Waals surface area contributed by atoms with Crippen LogP contribution < -0.4 is 4.74 Å². The Morgan fingerprint density at radius 1 is 1.47 bits per heavy atom. The highest BCUT2D eigenvalue weighted by Crippen LogP contribution is 2.38. The lowest BCUT2D eigenvalue weighted by Gasteiger charge is -2.25. The summed E-state index contributed by atoms with van der Waals surface area (Å²) < 4.78 is 7.89. The molecule has 0 N–H and O–H groups in total. The number of Topliss-reactive ketones (excluding diaryl/α,β-unsaturated/α-hetero) is 1. The number of rotatable bonds is 2. The number of hydrogen-bond donors (Lipinski definition) is 0. The fourth-order valence-corrected chi connectivity index (χ4v) is 3.30. The molecule has 3 rings (SSSR count). The molecule has 0 spiro atoms. The van der Waals surface area contributed by atoms with Gasteiger partial charge in [-0.15, -0.1) is 0 Å². The van der Waals surface area contributed by atoms with Crippen LogP contribution in [0.15, 0.2) is 35.3 Å². The maximum Gasteiger partial charge on any atom is 0.187 e. The van der Waals surface area contributed by atoms with Crippen molar-refractivity contribution in [2.45, 2.75) is 18.9 Å². The van der Waals surface area contributed by atoms with Gasteiger partial charge >= 0.3 is 0 Å². The van der Waals surface area contributed by atoms with Crippen LogP contribution in [0.5, 0.6) is 5.75 Å². The Balaban J connectivity index is 2.07. The summed E-state index contributed by atoms with van der Waals surface area (Å²) in [5.74, 6) is 0.809. The molecule has 1 aromatic heterocycles. The van der Waals surface area contributed by atoms with Crippen LogP contribution in [0, 0.1) is 0 Å². The normalized spacial score (nSPS) is 18.2. The number of halogens is 1. The molecule has 0 amide bonds. The molecule has 1 aromatic carbocycles. The summed E-state index contributed by atoms with van der Waals surface area (Å²) in [5.41, 5.74) is 1.82. The number of aryl methyl sites for hydroxylation is 1. The lowest BCUT2D eigenvalue weighted by atomic mass is 9.87. The summed E-state index contributed by atoms with van der Waals surface area (Å²) >= 11 is 3.49. The van der Waals surface area contributed by atoms with E-state index in [1.807, 2.05) is 22.9 Å². The highest BCUT2D eigenvalue weighted by Gasteiger charge is 2.31. The van der Waals surface area contributed by atoms with Crippen LogP contribution in [0.3, 0.4) is 0 Å². The van der Waals surface area contributed by atoms with Crippen molar-refractivity contribution in [1.29, 1.82) is 0 Å². The van der Waals surface area contributed by atoms with Gasteiger partial charge in [-0.05, 0) is 40.4 Å². The average Bonchev–Trinajstić information content (AvgIpc) is 2.93. The Morgan fingerprint density at radius 2 is 2.32 bits per heavy atom. The molecule has 1 atom stereocenters. The first-order valence-electron chi connectivity index (χ1n) is 6.09. The van der Waals surface area contributed by atoms with E-state index in [1.54, 1.807) is 19.6 Å². The second kappa shape index (κ2) is 4.81. The third-order valence-electron chi connectivity index (χ3n) is 3.53. The number of benzene rings is 1. The van der Waals surface area contributed by atoms with Crippen molar-refractivity contribution in [3.8, 4) is 5.75 Å². The van der Waals surface area contributed by atoms with E-state index in [9.17, 15) is 4.79 Å². The van der Waals surface area contributed by atoms with E-state index in [2.05, 4.69) is 20.9 Å². The molecule has 1 unspecified atom stereocenters. The molecule has 1 aliphatic rings. The second-order valence-corrected chi connectivity index (χ2v) is 5.34. The summed E-state index contributed by atoms with van der Waals surface area (Å²) in [6, 6.07) is 3.70. The van der Waals surface area contributed by atoms with Gasteiger partial charge in [-0.3, -0.25) is 4.79 Å². The van der Waals surface area contributed by atoms with Gasteiger partial charge in [-0.1, -0.05) is 6.07 Å². The zero-order valence-corrected chi connectivity index (χ0v) is 12.1. The minimum absolute atomic E-state index is 0.116. The Bertz CT molecular complexity index is 623. The first-order chi connectivity index (χ1) is 9.22. The molecular weight excluding hydrogens is 308 g/mol. The SMILES string of the molecule is COc1ccc2c(c1Br)C(=O)C(n1ccnc1)CC2. The summed E-state index contributed by atoms with van der Waals surface area (Å²) in [4.78, 5) is 16.7. The number of carbonyl (C=O) groups excluding carboxylic acids is 1. The van der Waals surface area contributed by atoms with E-state index in [4.69, 9.17) is 4.74 Å². The van der Waals surface area contributed by atoms with Gasteiger partial charge in [0.2, 0.25) is 0 Å². The Labute approximate surface area is 119 Å². The van der Waals surface area contributed by atoms with Crippen molar-refractivity contribution >= 4 is 21.7 Å². The monoisotopic (exact) mass is 320 g/mol. The fraction of sp³-hybridized carbons (Fsp3) is 0.286. The standard InChI is InChI=1S/C14H13BrN2O2/c1-19-11-5-3-9-2-4-10(17-7-6-16-8-17)14(18)12(9)13(11)15/h3,5-8,10H,2,4H2,1H3. The highest BCUT2D eigenvalue weighted by atomic mass is 79.9. The van der Waals surface area contributed by atoms with E-state index in [0.717, 1.165) is 28.4 Å². The first kappa shape index (κ1) is 12.4. The molecule has 0 aliphatic heterocycles. The number of fused-ring (bicyclic) bond motifs is 1. The molecule has 0 saturated heterocycles. The topological polar surface area (TPSA) is 44.1 Å². The summed E-state index contributed by atoms with van der Waals surface area (Å²) in [5, 5.41) is 0. The molecule has 2 aromatic rings. The fourth-order valence-electron chi connectivity index (χ4n) is 2.56. The lowest BCUT2D eigenvalue weighted by Crippen LogP contribution is -2.25. The van der Waals surface area contributed by atoms with E-state index in [1.165, 1.54) is 0 Å². The van der Waals surface area contributed by atoms with E-state index in [0.29, 0.717) is 5.75 Å². The van der Waals surface area contributed by atoms with Crippen molar-refractivity contribution in [3.63, 3.8) is 0 Å². The summed E-state index contributed by atoms with van der Waals surface area (Å²) in [7, 11) is 1.60. The van der Waals surface area contributed by atoms with Gasteiger partial charge < -0.3 is 9.30 Å². The number of carbonyl (C=O) groups is 1. The molecule has 0 fully saturated rings. The predicted molar refractivity (Wildman–Crippen MR) is 74.6 cm³/mol. The summed E-state index contributed by atoms with van der Waals surface area (Å²) in [6.45, 7) is 0. The molecular formula is C14H13BrN2O2. The van der Waals surface area contributed by atoms with Gasteiger partial charge in [-0.2, -0.15) is 0 Å². The molecule has 5 heteroatoms. The van der Waals surface area contributed by atoms with E-state index < -0.39 is 0 Å². The van der Waals surface area contributed by atoms with Gasteiger partial charge in [0.1, 0.15) is 5.75 Å². The number of nitrogens with zero attached hydrogens (tertiary/aromatic N) is 2. The van der Waals surface area contributed by atoms with Crippen molar-refractivity contribution in [2.24, 2.45) is 0 Å². The van der Waals surface area contributed by atoms with Crippen molar-refractivity contribution in [1.82, 2.24) is 9.55 Å². The number of imidazole rings is 1. The third-order valence-corrected chi connectivity index (χ3v) is 4.32. The van der Waals surface area contributed by atoms with E-state index >= 15 is 0 Å². The maximum absolute atomic E-state index is 12.7. The van der Waals surface area contributed by atoms with E-state index in [-0.39, 0.29) is 11.8 Å². The number of ether oxygens (including phenoxy) is 1. The van der Waals surface area contributed by atoms with Crippen molar-refractivity contribution in [2.75, 3.05) is 7.11 Å². The van der Waals surface area contributed by atoms with Crippen LogP contribution in [0.1, 0.15) is 28.4 Å². The lowest BCUT2D eigenvalue weighted by molar-refractivity contribution is 0.0907.